The van der Waals surface area contributed by atoms with Crippen LogP contribution in [0.2, 0.25) is 0 Å². The summed E-state index contributed by atoms with van der Waals surface area (Å²) < 4.78 is 19.8. The van der Waals surface area contributed by atoms with Gasteiger partial charge in [0.1, 0.15) is 12.4 Å². The molecule has 90 valence electrons. The van der Waals surface area contributed by atoms with E-state index in [0.717, 1.165) is 11.4 Å². The van der Waals surface area contributed by atoms with Crippen LogP contribution in [0.1, 0.15) is 0 Å². The van der Waals surface area contributed by atoms with Crippen molar-refractivity contribution in [3.63, 3.8) is 0 Å². The number of anilines is 1. The van der Waals surface area contributed by atoms with Crippen molar-refractivity contribution < 1.29 is 9.13 Å². The van der Waals surface area contributed by atoms with Crippen LogP contribution in [0, 0.1) is 5.82 Å². The molecule has 0 spiro atoms. The maximum atomic E-state index is 12.6. The van der Waals surface area contributed by atoms with E-state index in [1.54, 1.807) is 29.2 Å². The molecular weight excluding hydrogens is 221 g/mol. The molecular formula is C12H14FN3O. The van der Waals surface area contributed by atoms with E-state index in [1.807, 2.05) is 7.05 Å². The van der Waals surface area contributed by atoms with Crippen molar-refractivity contribution in [1.82, 2.24) is 9.78 Å². The summed E-state index contributed by atoms with van der Waals surface area (Å²) >= 11 is 0. The standard InChI is InChI=1S/C12H14FN3O/c1-16-9-12(8-15-16)17-7-6-14-11-4-2-10(13)3-5-11/h2-5,8-9,14H,6-7H2,1H3. The van der Waals surface area contributed by atoms with E-state index >= 15 is 0 Å². The van der Waals surface area contributed by atoms with Gasteiger partial charge in [-0.25, -0.2) is 4.39 Å². The highest BCUT2D eigenvalue weighted by atomic mass is 19.1. The maximum Gasteiger partial charge on any atom is 0.157 e. The van der Waals surface area contributed by atoms with Gasteiger partial charge in [-0.1, -0.05) is 0 Å². The predicted molar refractivity (Wildman–Crippen MR) is 63.6 cm³/mol. The average Bonchev–Trinajstić information content (AvgIpc) is 2.73. The summed E-state index contributed by atoms with van der Waals surface area (Å²) in [5, 5.41) is 7.12. The Morgan fingerprint density at radius 3 is 2.76 bits per heavy atom. The van der Waals surface area contributed by atoms with E-state index in [4.69, 9.17) is 4.74 Å². The quantitative estimate of drug-likeness (QED) is 0.806. The van der Waals surface area contributed by atoms with Gasteiger partial charge in [-0.2, -0.15) is 5.10 Å². The first kappa shape index (κ1) is 11.4. The van der Waals surface area contributed by atoms with Crippen LogP contribution in [0.5, 0.6) is 5.75 Å². The molecule has 2 rings (SSSR count). The minimum Gasteiger partial charge on any atom is -0.488 e. The Hall–Kier alpha value is -2.04. The number of aromatic nitrogens is 2. The number of rotatable bonds is 5. The number of hydrogen-bond donors (Lipinski definition) is 1. The number of hydrogen-bond acceptors (Lipinski definition) is 3. The van der Waals surface area contributed by atoms with Crippen molar-refractivity contribution in [3.8, 4) is 5.75 Å². The predicted octanol–water partition coefficient (Wildman–Crippen LogP) is 2.05. The van der Waals surface area contributed by atoms with E-state index in [9.17, 15) is 4.39 Å². The van der Waals surface area contributed by atoms with E-state index in [-0.39, 0.29) is 5.82 Å². The van der Waals surface area contributed by atoms with Crippen molar-refractivity contribution in [2.24, 2.45) is 7.05 Å². The molecule has 2 aromatic rings. The first-order chi connectivity index (χ1) is 8.24. The fourth-order valence-electron chi connectivity index (χ4n) is 1.41. The van der Waals surface area contributed by atoms with Crippen LogP contribution >= 0.6 is 0 Å². The van der Waals surface area contributed by atoms with Gasteiger partial charge in [-0.05, 0) is 24.3 Å². The Bertz CT molecular complexity index is 467. The van der Waals surface area contributed by atoms with Crippen molar-refractivity contribution in [1.29, 1.82) is 0 Å². The third kappa shape index (κ3) is 3.48. The minimum absolute atomic E-state index is 0.234. The van der Waals surface area contributed by atoms with Crippen molar-refractivity contribution in [2.45, 2.75) is 0 Å². The summed E-state index contributed by atoms with van der Waals surface area (Å²) in [5.74, 6) is 0.510. The van der Waals surface area contributed by atoms with Crippen LogP contribution in [-0.2, 0) is 7.05 Å². The lowest BCUT2D eigenvalue weighted by atomic mass is 10.3. The molecule has 0 unspecified atom stereocenters. The van der Waals surface area contributed by atoms with Gasteiger partial charge in [0.2, 0.25) is 0 Å². The number of nitrogens with one attached hydrogen (secondary N) is 1. The summed E-state index contributed by atoms with van der Waals surface area (Å²) in [7, 11) is 1.84. The zero-order chi connectivity index (χ0) is 12.1. The highest BCUT2D eigenvalue weighted by Gasteiger charge is 1.96. The number of halogens is 1. The van der Waals surface area contributed by atoms with E-state index in [1.165, 1.54) is 12.1 Å². The summed E-state index contributed by atoms with van der Waals surface area (Å²) in [4.78, 5) is 0. The molecule has 1 heterocycles. The van der Waals surface area contributed by atoms with Crippen molar-refractivity contribution >= 4 is 5.69 Å². The molecule has 5 heteroatoms. The molecule has 0 amide bonds. The Kier molecular flexibility index (Phi) is 3.59. The smallest absolute Gasteiger partial charge is 0.157 e. The number of nitrogens with zero attached hydrogens (tertiary/aromatic N) is 2. The van der Waals surface area contributed by atoms with Gasteiger partial charge in [-0.15, -0.1) is 0 Å². The lowest BCUT2D eigenvalue weighted by Crippen LogP contribution is -2.11. The van der Waals surface area contributed by atoms with Gasteiger partial charge in [0.25, 0.3) is 0 Å². The second-order valence-electron chi connectivity index (χ2n) is 3.63. The Labute approximate surface area is 99.0 Å². The Balaban J connectivity index is 1.71. The van der Waals surface area contributed by atoms with Gasteiger partial charge >= 0.3 is 0 Å². The van der Waals surface area contributed by atoms with Crippen molar-refractivity contribution in [3.05, 3.63) is 42.5 Å². The molecule has 17 heavy (non-hydrogen) atoms. The lowest BCUT2D eigenvalue weighted by molar-refractivity contribution is 0.332. The van der Waals surface area contributed by atoms with E-state index in [0.29, 0.717) is 13.2 Å². The molecule has 0 atom stereocenters. The minimum atomic E-state index is -0.234. The van der Waals surface area contributed by atoms with Crippen LogP contribution < -0.4 is 10.1 Å². The lowest BCUT2D eigenvalue weighted by Gasteiger charge is -2.06. The summed E-state index contributed by atoms with van der Waals surface area (Å²) in [6.45, 7) is 1.18. The number of benzene rings is 1. The first-order valence-corrected chi connectivity index (χ1v) is 5.35. The van der Waals surface area contributed by atoms with E-state index < -0.39 is 0 Å². The van der Waals surface area contributed by atoms with Gasteiger partial charge in [0, 0.05) is 19.3 Å². The Morgan fingerprint density at radius 1 is 1.35 bits per heavy atom. The molecule has 0 aliphatic carbocycles. The van der Waals surface area contributed by atoms with Crippen LogP contribution in [0.15, 0.2) is 36.7 Å². The Morgan fingerprint density at radius 2 is 2.12 bits per heavy atom. The second-order valence-corrected chi connectivity index (χ2v) is 3.63. The summed E-state index contributed by atoms with van der Waals surface area (Å²) in [6, 6.07) is 6.23. The monoisotopic (exact) mass is 235 g/mol. The maximum absolute atomic E-state index is 12.6. The molecule has 1 aromatic heterocycles. The fourth-order valence-corrected chi connectivity index (χ4v) is 1.41. The molecule has 0 aliphatic heterocycles. The van der Waals surface area contributed by atoms with Gasteiger partial charge in [0.05, 0.1) is 12.4 Å². The molecule has 0 radical (unpaired) electrons. The van der Waals surface area contributed by atoms with Gasteiger partial charge in [-0.3, -0.25) is 4.68 Å². The molecule has 0 fully saturated rings. The van der Waals surface area contributed by atoms with Crippen LogP contribution in [0.4, 0.5) is 10.1 Å². The van der Waals surface area contributed by atoms with Gasteiger partial charge in [0.15, 0.2) is 5.75 Å². The molecule has 0 aliphatic rings. The average molecular weight is 235 g/mol. The SMILES string of the molecule is Cn1cc(OCCNc2ccc(F)cc2)cn1. The first-order valence-electron chi connectivity index (χ1n) is 5.35. The molecule has 0 saturated carbocycles. The molecule has 1 N–H and O–H groups in total. The number of ether oxygens (including phenoxy) is 1. The molecule has 0 bridgehead atoms. The van der Waals surface area contributed by atoms with E-state index in [2.05, 4.69) is 10.4 Å². The van der Waals surface area contributed by atoms with Crippen LogP contribution in [-0.4, -0.2) is 22.9 Å². The highest BCUT2D eigenvalue weighted by Crippen LogP contribution is 2.09. The molecule has 1 aromatic carbocycles. The van der Waals surface area contributed by atoms with Crippen LogP contribution in [0.25, 0.3) is 0 Å². The third-order valence-electron chi connectivity index (χ3n) is 2.23. The largest absolute Gasteiger partial charge is 0.488 e. The molecule has 4 nitrogen and oxygen atoms in total. The fraction of sp³-hybridized carbons (Fsp3) is 0.250. The van der Waals surface area contributed by atoms with Crippen LogP contribution in [0.3, 0.4) is 0 Å². The third-order valence-corrected chi connectivity index (χ3v) is 2.23. The summed E-state index contributed by atoms with van der Waals surface area (Å²) in [5.41, 5.74) is 0.876. The zero-order valence-corrected chi connectivity index (χ0v) is 9.56. The topological polar surface area (TPSA) is 39.1 Å². The van der Waals surface area contributed by atoms with Crippen molar-refractivity contribution in [2.75, 3.05) is 18.5 Å². The normalized spacial score (nSPS) is 10.2. The molecule has 0 saturated heterocycles. The van der Waals surface area contributed by atoms with Gasteiger partial charge < -0.3 is 10.1 Å². The number of aryl methyl sites for hydroxylation is 1. The highest BCUT2D eigenvalue weighted by molar-refractivity contribution is 5.42. The summed E-state index contributed by atoms with van der Waals surface area (Å²) in [6.07, 6.45) is 3.47. The zero-order valence-electron chi connectivity index (χ0n) is 9.56. The second kappa shape index (κ2) is 5.34.